The fraction of sp³-hybridized carbons (Fsp3) is 0.682. The fourth-order valence-electron chi connectivity index (χ4n) is 3.35. The van der Waals surface area contributed by atoms with Crippen LogP contribution in [-0.2, 0) is 9.53 Å². The minimum absolute atomic E-state index is 0.0952. The monoisotopic (exact) mass is 348 g/mol. The number of aliphatic hydroxyl groups excluding tert-OH is 1. The number of allylic oxidation sites excluding steroid dienone is 5. The molecule has 0 bridgehead atoms. The molecule has 0 saturated heterocycles. The van der Waals surface area contributed by atoms with Crippen molar-refractivity contribution in [1.82, 2.24) is 0 Å². The lowest BCUT2D eigenvalue weighted by molar-refractivity contribution is -0.143. The van der Waals surface area contributed by atoms with Gasteiger partial charge in [-0.15, -0.1) is 0 Å². The van der Waals surface area contributed by atoms with Crippen LogP contribution in [0.25, 0.3) is 0 Å². The molecular formula is C22H36O3. The molecule has 25 heavy (non-hydrogen) atoms. The van der Waals surface area contributed by atoms with Crippen LogP contribution in [-0.4, -0.2) is 23.8 Å². The Hall–Kier alpha value is -1.35. The van der Waals surface area contributed by atoms with Crippen LogP contribution in [0.5, 0.6) is 0 Å². The molecule has 3 atom stereocenters. The summed E-state index contributed by atoms with van der Waals surface area (Å²) < 4.78 is 5.19. The van der Waals surface area contributed by atoms with E-state index in [2.05, 4.69) is 39.8 Å². The van der Waals surface area contributed by atoms with Gasteiger partial charge in [-0.2, -0.15) is 0 Å². The zero-order chi connectivity index (χ0) is 18.8. The first kappa shape index (κ1) is 21.7. The Balaban J connectivity index is 2.91. The molecule has 3 nitrogen and oxygen atoms in total. The van der Waals surface area contributed by atoms with Crippen molar-refractivity contribution in [2.45, 2.75) is 79.2 Å². The molecule has 142 valence electrons. The second-order valence-electron chi connectivity index (χ2n) is 7.66. The van der Waals surface area contributed by atoms with Crippen LogP contribution in [0, 0.1) is 11.8 Å². The second kappa shape index (κ2) is 11.3. The predicted octanol–water partition coefficient (Wildman–Crippen LogP) is 5.36. The van der Waals surface area contributed by atoms with Gasteiger partial charge in [-0.25, -0.2) is 0 Å². The number of aliphatic hydroxyl groups is 1. The molecule has 0 amide bonds. The van der Waals surface area contributed by atoms with Gasteiger partial charge in [0.25, 0.3) is 0 Å². The third kappa shape index (κ3) is 9.06. The van der Waals surface area contributed by atoms with E-state index in [-0.39, 0.29) is 17.8 Å². The Kier molecular flexibility index (Phi) is 9.81. The number of esters is 1. The number of rotatable bonds is 3. The third-order valence-electron chi connectivity index (χ3n) is 5.11. The molecule has 1 N–H and O–H groups in total. The number of carbonyl (C=O) groups is 1. The van der Waals surface area contributed by atoms with Crippen molar-refractivity contribution in [2.75, 3.05) is 6.61 Å². The first-order valence-corrected chi connectivity index (χ1v) is 9.59. The van der Waals surface area contributed by atoms with Crippen LogP contribution >= 0.6 is 0 Å². The summed E-state index contributed by atoms with van der Waals surface area (Å²) in [6.45, 7) is 10.3. The van der Waals surface area contributed by atoms with Crippen LogP contribution in [0.3, 0.4) is 0 Å². The molecule has 0 fully saturated rings. The van der Waals surface area contributed by atoms with Crippen molar-refractivity contribution in [3.63, 3.8) is 0 Å². The summed E-state index contributed by atoms with van der Waals surface area (Å²) in [5, 5.41) is 10.8. The average molecular weight is 349 g/mol. The van der Waals surface area contributed by atoms with Crippen LogP contribution in [0.4, 0.5) is 0 Å². The molecule has 0 aromatic carbocycles. The van der Waals surface area contributed by atoms with Crippen molar-refractivity contribution >= 4 is 5.97 Å². The SMILES string of the molecule is CC(=O)OCC(C)C1CC/C(C)=C/CC/C(C)=C/CC/C(C)=C/[C@H]1O. The summed E-state index contributed by atoms with van der Waals surface area (Å²) in [6.07, 6.45) is 12.2. The quantitative estimate of drug-likeness (QED) is 0.552. The van der Waals surface area contributed by atoms with Gasteiger partial charge in [0, 0.05) is 6.92 Å². The van der Waals surface area contributed by atoms with Gasteiger partial charge in [0.15, 0.2) is 0 Å². The third-order valence-corrected chi connectivity index (χ3v) is 5.11. The Bertz CT molecular complexity index is 513. The number of hydrogen-bond acceptors (Lipinski definition) is 3. The Morgan fingerprint density at radius 3 is 2.28 bits per heavy atom. The summed E-state index contributed by atoms with van der Waals surface area (Å²) in [5.74, 6) is -0.0316. The smallest absolute Gasteiger partial charge is 0.302 e. The van der Waals surface area contributed by atoms with Crippen molar-refractivity contribution in [3.05, 3.63) is 34.9 Å². The average Bonchev–Trinajstić information content (AvgIpc) is 2.52. The topological polar surface area (TPSA) is 46.5 Å². The molecule has 1 rings (SSSR count). The number of ether oxygens (including phenoxy) is 1. The van der Waals surface area contributed by atoms with E-state index < -0.39 is 6.10 Å². The summed E-state index contributed by atoms with van der Waals surface area (Å²) in [7, 11) is 0. The van der Waals surface area contributed by atoms with E-state index in [1.54, 1.807) is 0 Å². The first-order valence-electron chi connectivity index (χ1n) is 9.59. The van der Waals surface area contributed by atoms with Crippen LogP contribution in [0.15, 0.2) is 34.9 Å². The number of carbonyl (C=O) groups excluding carboxylic acids is 1. The molecule has 0 radical (unpaired) electrons. The Labute approximate surface area is 153 Å². The summed E-state index contributed by atoms with van der Waals surface area (Å²) in [6, 6.07) is 0. The summed E-state index contributed by atoms with van der Waals surface area (Å²) in [4.78, 5) is 11.1. The van der Waals surface area contributed by atoms with Crippen LogP contribution < -0.4 is 0 Å². The lowest BCUT2D eigenvalue weighted by Gasteiger charge is -2.27. The molecular weight excluding hydrogens is 312 g/mol. The van der Waals surface area contributed by atoms with Gasteiger partial charge in [0.05, 0.1) is 12.7 Å². The van der Waals surface area contributed by atoms with Gasteiger partial charge in [-0.05, 0) is 71.1 Å². The van der Waals surface area contributed by atoms with Gasteiger partial charge >= 0.3 is 5.97 Å². The summed E-state index contributed by atoms with van der Waals surface area (Å²) >= 11 is 0. The molecule has 1 aliphatic carbocycles. The predicted molar refractivity (Wildman–Crippen MR) is 104 cm³/mol. The lowest BCUT2D eigenvalue weighted by atomic mass is 9.83. The highest BCUT2D eigenvalue weighted by Gasteiger charge is 2.25. The van der Waals surface area contributed by atoms with Gasteiger partial charge in [0.1, 0.15) is 0 Å². The largest absolute Gasteiger partial charge is 0.466 e. The molecule has 0 heterocycles. The highest BCUT2D eigenvalue weighted by molar-refractivity contribution is 5.65. The van der Waals surface area contributed by atoms with Crippen molar-refractivity contribution in [3.8, 4) is 0 Å². The highest BCUT2D eigenvalue weighted by atomic mass is 16.5. The van der Waals surface area contributed by atoms with Crippen molar-refractivity contribution in [1.29, 1.82) is 0 Å². The maximum Gasteiger partial charge on any atom is 0.302 e. The Morgan fingerprint density at radius 2 is 1.68 bits per heavy atom. The zero-order valence-corrected chi connectivity index (χ0v) is 16.7. The molecule has 2 unspecified atom stereocenters. The molecule has 0 aromatic heterocycles. The van der Waals surface area contributed by atoms with E-state index in [9.17, 15) is 9.90 Å². The second-order valence-corrected chi connectivity index (χ2v) is 7.66. The van der Waals surface area contributed by atoms with E-state index in [1.165, 1.54) is 23.6 Å². The molecule has 0 saturated carbocycles. The van der Waals surface area contributed by atoms with Crippen molar-refractivity contribution in [2.24, 2.45) is 11.8 Å². The van der Waals surface area contributed by atoms with E-state index in [0.29, 0.717) is 6.61 Å². The van der Waals surface area contributed by atoms with Crippen molar-refractivity contribution < 1.29 is 14.6 Å². The fourth-order valence-corrected chi connectivity index (χ4v) is 3.35. The molecule has 0 aromatic rings. The van der Waals surface area contributed by atoms with Gasteiger partial charge in [0.2, 0.25) is 0 Å². The summed E-state index contributed by atoms with van der Waals surface area (Å²) in [5.41, 5.74) is 4.05. The number of hydrogen-bond donors (Lipinski definition) is 1. The zero-order valence-electron chi connectivity index (χ0n) is 16.7. The standard InChI is InChI=1S/C22H36O3/c1-16-8-6-10-17(2)12-13-21(19(4)15-25-20(5)23)22(24)14-18(3)11-7-9-16/h9-10,14,19,21-22,24H,6-8,11-13,15H2,1-5H3/b16-9+,17-10+,18-14+/t19?,21?,22-/m1/s1. The maximum atomic E-state index is 11.1. The van der Waals surface area contributed by atoms with E-state index >= 15 is 0 Å². The van der Waals surface area contributed by atoms with Gasteiger partial charge in [-0.3, -0.25) is 4.79 Å². The van der Waals surface area contributed by atoms with Gasteiger partial charge < -0.3 is 9.84 Å². The van der Waals surface area contributed by atoms with Crippen LogP contribution in [0.2, 0.25) is 0 Å². The van der Waals surface area contributed by atoms with E-state index in [4.69, 9.17) is 4.74 Å². The lowest BCUT2D eigenvalue weighted by Crippen LogP contribution is -2.29. The maximum absolute atomic E-state index is 11.1. The molecule has 3 heteroatoms. The van der Waals surface area contributed by atoms with E-state index in [0.717, 1.165) is 38.5 Å². The van der Waals surface area contributed by atoms with Crippen LogP contribution in [0.1, 0.15) is 73.1 Å². The molecule has 0 spiro atoms. The molecule has 1 aliphatic rings. The highest BCUT2D eigenvalue weighted by Crippen LogP contribution is 2.27. The van der Waals surface area contributed by atoms with E-state index in [1.807, 2.05) is 6.08 Å². The normalized spacial score (nSPS) is 31.4. The Morgan fingerprint density at radius 1 is 1.12 bits per heavy atom. The molecule has 0 aliphatic heterocycles. The minimum atomic E-state index is -0.494. The van der Waals surface area contributed by atoms with Gasteiger partial charge in [-0.1, -0.05) is 41.9 Å². The first-order chi connectivity index (χ1) is 11.8. The minimum Gasteiger partial charge on any atom is -0.466 e.